The molecule has 0 amide bonds. The van der Waals surface area contributed by atoms with Crippen molar-refractivity contribution in [3.8, 4) is 0 Å². The van der Waals surface area contributed by atoms with Gasteiger partial charge in [0.05, 0.1) is 12.0 Å². The Kier molecular flexibility index (Phi) is 6.41. The third-order valence-corrected chi connectivity index (χ3v) is 3.33. The van der Waals surface area contributed by atoms with Crippen molar-refractivity contribution in [1.29, 1.82) is 0 Å². The predicted octanol–water partition coefficient (Wildman–Crippen LogP) is 0.769. The van der Waals surface area contributed by atoms with Gasteiger partial charge in [-0.05, 0) is 25.5 Å². The molecule has 19 heavy (non-hydrogen) atoms. The maximum atomic E-state index is 11.0. The molecule has 0 fully saturated rings. The van der Waals surface area contributed by atoms with Gasteiger partial charge < -0.3 is 15.1 Å². The maximum absolute atomic E-state index is 11.0. The summed E-state index contributed by atoms with van der Waals surface area (Å²) in [7, 11) is -2.90. The third-order valence-electron chi connectivity index (χ3n) is 2.30. The van der Waals surface area contributed by atoms with Crippen molar-refractivity contribution in [3.05, 3.63) is 24.2 Å². The van der Waals surface area contributed by atoms with Gasteiger partial charge in [-0.2, -0.15) is 0 Å². The summed E-state index contributed by atoms with van der Waals surface area (Å²) in [6.07, 6.45) is 3.41. The molecule has 1 aromatic rings. The van der Waals surface area contributed by atoms with E-state index in [9.17, 15) is 8.42 Å². The molecule has 0 saturated heterocycles. The van der Waals surface area contributed by atoms with E-state index in [1.54, 1.807) is 6.26 Å². The number of hydrogen-bond donors (Lipinski definition) is 2. The Morgan fingerprint density at radius 2 is 2.21 bits per heavy atom. The molecule has 1 heterocycles. The minimum atomic E-state index is -2.90. The Morgan fingerprint density at radius 3 is 2.79 bits per heavy atom. The van der Waals surface area contributed by atoms with Crippen LogP contribution in [-0.2, 0) is 16.4 Å². The summed E-state index contributed by atoms with van der Waals surface area (Å²) in [5, 5.41) is 6.18. The van der Waals surface area contributed by atoms with Gasteiger partial charge in [-0.15, -0.1) is 0 Å². The lowest BCUT2D eigenvalue weighted by Gasteiger charge is -2.10. The highest BCUT2D eigenvalue weighted by atomic mass is 32.2. The lowest BCUT2D eigenvalue weighted by atomic mass is 10.4. The lowest BCUT2D eigenvalue weighted by Crippen LogP contribution is -2.38. The van der Waals surface area contributed by atoms with E-state index in [4.69, 9.17) is 4.42 Å². The van der Waals surface area contributed by atoms with Crippen molar-refractivity contribution in [3.63, 3.8) is 0 Å². The standard InChI is InChI=1S/C12H21N3O3S/c1-3-13-12(14-7-5-9-19(2,16)17)15-10-11-6-4-8-18-11/h4,6,8H,3,5,7,9-10H2,1-2H3,(H2,13,14,15). The van der Waals surface area contributed by atoms with Crippen LogP contribution in [0.15, 0.2) is 27.8 Å². The van der Waals surface area contributed by atoms with Crippen LogP contribution >= 0.6 is 0 Å². The quantitative estimate of drug-likeness (QED) is 0.439. The van der Waals surface area contributed by atoms with E-state index in [0.717, 1.165) is 12.3 Å². The largest absolute Gasteiger partial charge is 0.467 e. The van der Waals surface area contributed by atoms with Gasteiger partial charge >= 0.3 is 0 Å². The molecule has 0 bridgehead atoms. The molecular weight excluding hydrogens is 266 g/mol. The van der Waals surface area contributed by atoms with Crippen molar-refractivity contribution in [2.24, 2.45) is 4.99 Å². The molecule has 0 radical (unpaired) electrons. The highest BCUT2D eigenvalue weighted by Crippen LogP contribution is 2.01. The molecule has 1 rings (SSSR count). The normalized spacial score (nSPS) is 12.4. The summed E-state index contributed by atoms with van der Waals surface area (Å²) >= 11 is 0. The fourth-order valence-corrected chi connectivity index (χ4v) is 2.11. The summed E-state index contributed by atoms with van der Waals surface area (Å²) < 4.78 is 27.2. The zero-order valence-corrected chi connectivity index (χ0v) is 12.2. The molecule has 0 aliphatic rings. The molecule has 0 spiro atoms. The first-order valence-electron chi connectivity index (χ1n) is 6.23. The monoisotopic (exact) mass is 287 g/mol. The van der Waals surface area contributed by atoms with Crippen molar-refractivity contribution < 1.29 is 12.8 Å². The van der Waals surface area contributed by atoms with Crippen LogP contribution < -0.4 is 10.6 Å². The molecule has 0 unspecified atom stereocenters. The van der Waals surface area contributed by atoms with Crippen LogP contribution in [0.5, 0.6) is 0 Å². The van der Waals surface area contributed by atoms with Gasteiger partial charge in [0.2, 0.25) is 0 Å². The number of nitrogens with zero attached hydrogens (tertiary/aromatic N) is 1. The second kappa shape index (κ2) is 7.83. The first-order chi connectivity index (χ1) is 9.01. The van der Waals surface area contributed by atoms with E-state index < -0.39 is 9.84 Å². The van der Waals surface area contributed by atoms with E-state index in [2.05, 4.69) is 15.6 Å². The number of rotatable bonds is 7. The minimum Gasteiger partial charge on any atom is -0.467 e. The molecule has 0 aliphatic heterocycles. The summed E-state index contributed by atoms with van der Waals surface area (Å²) in [6.45, 7) is 3.74. The van der Waals surface area contributed by atoms with Crippen LogP contribution in [0.3, 0.4) is 0 Å². The third kappa shape index (κ3) is 7.50. The number of nitrogens with one attached hydrogen (secondary N) is 2. The molecule has 0 saturated carbocycles. The Morgan fingerprint density at radius 1 is 1.42 bits per heavy atom. The van der Waals surface area contributed by atoms with Crippen LogP contribution in [0.1, 0.15) is 19.1 Å². The van der Waals surface area contributed by atoms with Gasteiger partial charge in [-0.3, -0.25) is 0 Å². The minimum absolute atomic E-state index is 0.178. The summed E-state index contributed by atoms with van der Waals surface area (Å²) in [5.41, 5.74) is 0. The van der Waals surface area contributed by atoms with Crippen LogP contribution in [0.25, 0.3) is 0 Å². The average Bonchev–Trinajstić information content (AvgIpc) is 2.83. The van der Waals surface area contributed by atoms with Crippen LogP contribution in [0, 0.1) is 0 Å². The fourth-order valence-electron chi connectivity index (χ4n) is 1.44. The molecule has 2 N–H and O–H groups in total. The Labute approximate surface area is 114 Å². The zero-order valence-electron chi connectivity index (χ0n) is 11.3. The van der Waals surface area contributed by atoms with Gasteiger partial charge in [0, 0.05) is 19.3 Å². The van der Waals surface area contributed by atoms with E-state index >= 15 is 0 Å². The number of hydrogen-bond acceptors (Lipinski definition) is 4. The molecule has 108 valence electrons. The number of aliphatic imine (C=N–C) groups is 1. The molecule has 6 nitrogen and oxygen atoms in total. The molecule has 0 atom stereocenters. The van der Waals surface area contributed by atoms with Gasteiger partial charge in [-0.1, -0.05) is 0 Å². The Balaban J connectivity index is 2.37. The van der Waals surface area contributed by atoms with Crippen molar-refractivity contribution in [1.82, 2.24) is 10.6 Å². The average molecular weight is 287 g/mol. The summed E-state index contributed by atoms with van der Waals surface area (Å²) in [5.74, 6) is 1.62. The number of guanidine groups is 1. The van der Waals surface area contributed by atoms with E-state index in [1.165, 1.54) is 6.26 Å². The Hall–Kier alpha value is -1.50. The van der Waals surface area contributed by atoms with Gasteiger partial charge in [-0.25, -0.2) is 13.4 Å². The lowest BCUT2D eigenvalue weighted by molar-refractivity contribution is 0.512. The van der Waals surface area contributed by atoms with Crippen molar-refractivity contribution >= 4 is 15.8 Å². The molecule has 1 aromatic heterocycles. The smallest absolute Gasteiger partial charge is 0.191 e. The van der Waals surface area contributed by atoms with Gasteiger partial charge in [0.15, 0.2) is 5.96 Å². The number of furan rings is 1. The second-order valence-electron chi connectivity index (χ2n) is 4.18. The molecular formula is C12H21N3O3S. The van der Waals surface area contributed by atoms with Crippen LogP contribution in [0.4, 0.5) is 0 Å². The van der Waals surface area contributed by atoms with Crippen molar-refractivity contribution in [2.45, 2.75) is 19.9 Å². The van der Waals surface area contributed by atoms with Crippen LogP contribution in [-0.4, -0.2) is 39.5 Å². The molecule has 0 aromatic carbocycles. The Bertz CT molecular complexity index is 480. The topological polar surface area (TPSA) is 83.7 Å². The summed E-state index contributed by atoms with van der Waals surface area (Å²) in [4.78, 5) is 4.34. The SMILES string of the molecule is CCNC(=NCc1ccco1)NCCCS(C)(=O)=O. The molecule has 7 heteroatoms. The number of sulfone groups is 1. The van der Waals surface area contributed by atoms with Gasteiger partial charge in [0.25, 0.3) is 0 Å². The molecule has 0 aliphatic carbocycles. The zero-order chi connectivity index (χ0) is 14.1. The fraction of sp³-hybridized carbons (Fsp3) is 0.583. The van der Waals surface area contributed by atoms with Crippen molar-refractivity contribution in [2.75, 3.05) is 25.1 Å². The van der Waals surface area contributed by atoms with Crippen LogP contribution in [0.2, 0.25) is 0 Å². The van der Waals surface area contributed by atoms with E-state index in [1.807, 2.05) is 19.1 Å². The van der Waals surface area contributed by atoms with E-state index in [0.29, 0.717) is 25.5 Å². The maximum Gasteiger partial charge on any atom is 0.191 e. The first kappa shape index (κ1) is 15.6. The van der Waals surface area contributed by atoms with Gasteiger partial charge in [0.1, 0.15) is 22.1 Å². The second-order valence-corrected chi connectivity index (χ2v) is 6.44. The summed E-state index contributed by atoms with van der Waals surface area (Å²) in [6, 6.07) is 3.67. The highest BCUT2D eigenvalue weighted by Gasteiger charge is 2.02. The predicted molar refractivity (Wildman–Crippen MR) is 75.9 cm³/mol. The van der Waals surface area contributed by atoms with E-state index in [-0.39, 0.29) is 5.75 Å². The highest BCUT2D eigenvalue weighted by molar-refractivity contribution is 7.90. The first-order valence-corrected chi connectivity index (χ1v) is 8.29.